The number of nitrogens with zero attached hydrogens (tertiary/aromatic N) is 1. The van der Waals surface area contributed by atoms with E-state index in [1.54, 1.807) is 0 Å². The molecule has 7 nitrogen and oxygen atoms in total. The molecule has 1 N–H and O–H groups in total. The molecule has 1 fully saturated rings. The van der Waals surface area contributed by atoms with E-state index in [1.807, 2.05) is 13.8 Å². The number of rotatable bonds is 4. The van der Waals surface area contributed by atoms with Crippen molar-refractivity contribution in [3.63, 3.8) is 0 Å². The fourth-order valence-electron chi connectivity index (χ4n) is 2.05. The van der Waals surface area contributed by atoms with Gasteiger partial charge in [-0.15, -0.1) is 0 Å². The molecule has 1 rings (SSSR count). The maximum absolute atomic E-state index is 12.4. The van der Waals surface area contributed by atoms with Gasteiger partial charge in [0, 0.05) is 13.5 Å². The van der Waals surface area contributed by atoms with Gasteiger partial charge >= 0.3 is 5.97 Å². The number of esters is 1. The molecule has 0 aromatic heterocycles. The van der Waals surface area contributed by atoms with E-state index in [0.717, 1.165) is 0 Å². The first-order valence-corrected chi connectivity index (χ1v) is 6.62. The van der Waals surface area contributed by atoms with Gasteiger partial charge in [-0.2, -0.15) is 0 Å². The van der Waals surface area contributed by atoms with E-state index in [2.05, 4.69) is 10.1 Å². The number of hydrogen-bond donors (Lipinski definition) is 1. The third-order valence-electron chi connectivity index (χ3n) is 3.13. The first kappa shape index (κ1) is 16.4. The Labute approximate surface area is 118 Å². The van der Waals surface area contributed by atoms with Crippen molar-refractivity contribution in [2.24, 2.45) is 5.92 Å². The first-order chi connectivity index (χ1) is 9.36. The molecule has 0 spiro atoms. The molecule has 2 atom stereocenters. The number of carbonyl (C=O) groups is 3. The topological polar surface area (TPSA) is 84.9 Å². The second-order valence-corrected chi connectivity index (χ2v) is 5.09. The summed E-state index contributed by atoms with van der Waals surface area (Å²) < 4.78 is 9.90. The molecule has 0 saturated carbocycles. The lowest BCUT2D eigenvalue weighted by Gasteiger charge is -2.34. The number of morpholine rings is 1. The Kier molecular flexibility index (Phi) is 5.94. The number of carbonyl (C=O) groups excluding carboxylic acids is 3. The molecule has 20 heavy (non-hydrogen) atoms. The highest BCUT2D eigenvalue weighted by molar-refractivity contribution is 5.87. The predicted molar refractivity (Wildman–Crippen MR) is 70.8 cm³/mol. The number of nitrogens with one attached hydrogen (secondary N) is 1. The van der Waals surface area contributed by atoms with Crippen molar-refractivity contribution in [2.45, 2.75) is 32.9 Å². The summed E-state index contributed by atoms with van der Waals surface area (Å²) in [7, 11) is 1.28. The largest absolute Gasteiger partial charge is 0.467 e. The molecule has 1 heterocycles. The van der Waals surface area contributed by atoms with Crippen LogP contribution < -0.4 is 5.32 Å². The molecule has 0 aliphatic carbocycles. The van der Waals surface area contributed by atoms with Gasteiger partial charge in [-0.05, 0) is 5.92 Å². The van der Waals surface area contributed by atoms with Crippen molar-refractivity contribution in [3.8, 4) is 0 Å². The maximum Gasteiger partial charge on any atom is 0.336 e. The van der Waals surface area contributed by atoms with Crippen molar-refractivity contribution in [2.75, 3.05) is 26.8 Å². The zero-order chi connectivity index (χ0) is 15.3. The molecule has 0 aromatic carbocycles. The third kappa shape index (κ3) is 4.19. The van der Waals surface area contributed by atoms with Crippen LogP contribution in [0.2, 0.25) is 0 Å². The lowest BCUT2D eigenvalue weighted by Crippen LogP contribution is -2.56. The molecule has 7 heteroatoms. The van der Waals surface area contributed by atoms with Crippen LogP contribution >= 0.6 is 0 Å². The number of ether oxygens (including phenoxy) is 2. The molecule has 1 aliphatic rings. The van der Waals surface area contributed by atoms with Gasteiger partial charge in [-0.1, -0.05) is 13.8 Å². The summed E-state index contributed by atoms with van der Waals surface area (Å²) in [6, 6.07) is -0.594. The highest BCUT2D eigenvalue weighted by Gasteiger charge is 2.34. The monoisotopic (exact) mass is 286 g/mol. The van der Waals surface area contributed by atoms with Crippen molar-refractivity contribution in [1.82, 2.24) is 10.2 Å². The number of methoxy groups -OCH3 is 1. The Morgan fingerprint density at radius 3 is 2.50 bits per heavy atom. The second-order valence-electron chi connectivity index (χ2n) is 5.09. The zero-order valence-corrected chi connectivity index (χ0v) is 12.3. The van der Waals surface area contributed by atoms with Crippen LogP contribution in [0.5, 0.6) is 0 Å². The quantitative estimate of drug-likeness (QED) is 0.707. The fraction of sp³-hybridized carbons (Fsp3) is 0.769. The fourth-order valence-corrected chi connectivity index (χ4v) is 2.05. The summed E-state index contributed by atoms with van der Waals surface area (Å²) >= 11 is 0. The van der Waals surface area contributed by atoms with Crippen LogP contribution in [-0.4, -0.2) is 61.6 Å². The molecule has 114 valence electrons. The minimum absolute atomic E-state index is 0.0363. The molecule has 0 radical (unpaired) electrons. The van der Waals surface area contributed by atoms with Crippen LogP contribution in [0.1, 0.15) is 20.8 Å². The predicted octanol–water partition coefficient (Wildman–Crippen LogP) is -0.452. The highest BCUT2D eigenvalue weighted by Crippen LogP contribution is 2.12. The average Bonchev–Trinajstić information content (AvgIpc) is 2.42. The van der Waals surface area contributed by atoms with Crippen molar-refractivity contribution < 1.29 is 23.9 Å². The molecule has 0 aromatic rings. The summed E-state index contributed by atoms with van der Waals surface area (Å²) in [5.41, 5.74) is 0. The van der Waals surface area contributed by atoms with Gasteiger partial charge in [0.1, 0.15) is 6.04 Å². The van der Waals surface area contributed by atoms with Gasteiger partial charge in [0.2, 0.25) is 11.8 Å². The van der Waals surface area contributed by atoms with E-state index in [0.29, 0.717) is 6.54 Å². The summed E-state index contributed by atoms with van der Waals surface area (Å²) in [6.45, 7) is 5.91. The number of amides is 2. The van der Waals surface area contributed by atoms with Gasteiger partial charge < -0.3 is 19.7 Å². The van der Waals surface area contributed by atoms with E-state index in [9.17, 15) is 14.4 Å². The van der Waals surface area contributed by atoms with Crippen molar-refractivity contribution in [3.05, 3.63) is 0 Å². The smallest absolute Gasteiger partial charge is 0.336 e. The third-order valence-corrected chi connectivity index (χ3v) is 3.13. The average molecular weight is 286 g/mol. The lowest BCUT2D eigenvalue weighted by atomic mass is 10.0. The van der Waals surface area contributed by atoms with Gasteiger partial charge in [-0.25, -0.2) is 4.79 Å². The van der Waals surface area contributed by atoms with E-state index < -0.39 is 18.1 Å². The van der Waals surface area contributed by atoms with Crippen LogP contribution in [0.15, 0.2) is 0 Å². The van der Waals surface area contributed by atoms with Crippen LogP contribution in [0.25, 0.3) is 0 Å². The summed E-state index contributed by atoms with van der Waals surface area (Å²) in [4.78, 5) is 36.6. The zero-order valence-electron chi connectivity index (χ0n) is 12.3. The molecular formula is C13H22N2O5. The first-order valence-electron chi connectivity index (χ1n) is 6.62. The van der Waals surface area contributed by atoms with Gasteiger partial charge in [0.05, 0.1) is 20.3 Å². The summed E-state index contributed by atoms with van der Waals surface area (Å²) in [5, 5.41) is 2.65. The van der Waals surface area contributed by atoms with Gasteiger partial charge in [-0.3, -0.25) is 9.59 Å². The van der Waals surface area contributed by atoms with E-state index in [1.165, 1.54) is 18.9 Å². The molecule has 2 amide bonds. The Balaban J connectivity index is 2.73. The van der Waals surface area contributed by atoms with Crippen LogP contribution in [0.4, 0.5) is 0 Å². The van der Waals surface area contributed by atoms with Crippen LogP contribution in [0, 0.1) is 5.92 Å². The lowest BCUT2D eigenvalue weighted by molar-refractivity contribution is -0.163. The molecule has 2 unspecified atom stereocenters. The van der Waals surface area contributed by atoms with Crippen molar-refractivity contribution in [1.29, 1.82) is 0 Å². The summed E-state index contributed by atoms with van der Waals surface area (Å²) in [5.74, 6) is -0.990. The van der Waals surface area contributed by atoms with Gasteiger partial charge in [0.25, 0.3) is 0 Å². The SMILES string of the molecule is COC(=O)C1CN(C(=O)C(NC(C)=O)C(C)C)CCO1. The van der Waals surface area contributed by atoms with Gasteiger partial charge in [0.15, 0.2) is 6.10 Å². The van der Waals surface area contributed by atoms with Crippen LogP contribution in [0.3, 0.4) is 0 Å². The Bertz CT molecular complexity index is 383. The van der Waals surface area contributed by atoms with E-state index in [4.69, 9.17) is 4.74 Å². The normalized spacial score (nSPS) is 20.4. The molecular weight excluding hydrogens is 264 g/mol. The highest BCUT2D eigenvalue weighted by atomic mass is 16.6. The van der Waals surface area contributed by atoms with Crippen molar-refractivity contribution >= 4 is 17.8 Å². The second kappa shape index (κ2) is 7.23. The maximum atomic E-state index is 12.4. The minimum atomic E-state index is -0.761. The molecule has 1 saturated heterocycles. The molecule has 1 aliphatic heterocycles. The minimum Gasteiger partial charge on any atom is -0.467 e. The Hall–Kier alpha value is -1.63. The van der Waals surface area contributed by atoms with E-state index >= 15 is 0 Å². The van der Waals surface area contributed by atoms with E-state index in [-0.39, 0.29) is 30.9 Å². The standard InChI is InChI=1S/C13H22N2O5/c1-8(2)11(14-9(3)16)12(17)15-5-6-20-10(7-15)13(18)19-4/h8,10-11H,5-7H2,1-4H3,(H,14,16). The molecule has 0 bridgehead atoms. The summed E-state index contributed by atoms with van der Waals surface area (Å²) in [6.07, 6.45) is -0.761. The van der Waals surface area contributed by atoms with Crippen LogP contribution in [-0.2, 0) is 23.9 Å². The number of hydrogen-bond acceptors (Lipinski definition) is 5. The Morgan fingerprint density at radius 2 is 2.00 bits per heavy atom. The Morgan fingerprint density at radius 1 is 1.35 bits per heavy atom.